The summed E-state index contributed by atoms with van der Waals surface area (Å²) in [4.78, 5) is 14.3. The number of likely N-dealkylation sites (tertiary alicyclic amines) is 1. The van der Waals surface area contributed by atoms with Crippen LogP contribution in [0, 0.1) is 12.8 Å². The van der Waals surface area contributed by atoms with E-state index in [2.05, 4.69) is 43.4 Å². The third kappa shape index (κ3) is 3.43. The molecule has 2 aliphatic rings. The number of aryl methyl sites for hydroxylation is 1. The summed E-state index contributed by atoms with van der Waals surface area (Å²) in [7, 11) is 0. The predicted molar refractivity (Wildman–Crippen MR) is 133 cm³/mol. The molecule has 0 bridgehead atoms. The molecule has 4 aromatic heterocycles. The highest BCUT2D eigenvalue weighted by Gasteiger charge is 2.40. The molecular weight excluding hydrogens is 462 g/mol. The average Bonchev–Trinajstić information content (AvgIpc) is 3.29. The highest BCUT2D eigenvalue weighted by Crippen LogP contribution is 2.35. The fourth-order valence-corrected chi connectivity index (χ4v) is 5.32. The number of pyridine rings is 1. The molecule has 0 spiro atoms. The van der Waals surface area contributed by atoms with Crippen LogP contribution in [0.25, 0.3) is 28.1 Å². The molecule has 1 aliphatic carbocycles. The van der Waals surface area contributed by atoms with Gasteiger partial charge in [-0.2, -0.15) is 5.10 Å². The highest BCUT2D eigenvalue weighted by molar-refractivity contribution is 6.30. The third-order valence-corrected chi connectivity index (χ3v) is 7.41. The zero-order chi connectivity index (χ0) is 23.7. The molecule has 1 saturated heterocycles. The van der Waals surface area contributed by atoms with Crippen molar-refractivity contribution < 1.29 is 4.79 Å². The van der Waals surface area contributed by atoms with Gasteiger partial charge in [0.2, 0.25) is 5.91 Å². The molecule has 1 amide bonds. The van der Waals surface area contributed by atoms with Crippen molar-refractivity contribution in [3.05, 3.63) is 71.1 Å². The maximum absolute atomic E-state index is 12.3. The average molecular weight is 486 g/mol. The molecule has 0 radical (unpaired) electrons. The lowest BCUT2D eigenvalue weighted by atomic mass is 10.1. The summed E-state index contributed by atoms with van der Waals surface area (Å²) in [6.45, 7) is 4.10. The highest BCUT2D eigenvalue weighted by atomic mass is 35.5. The fourth-order valence-electron chi connectivity index (χ4n) is 5.11. The number of carbonyl (C=O) groups excluding carboxylic acids is 1. The number of hydrogen-bond acceptors (Lipinski definition) is 4. The van der Waals surface area contributed by atoms with Gasteiger partial charge < -0.3 is 9.47 Å². The largest absolute Gasteiger partial charge is 0.338 e. The second-order valence-electron chi connectivity index (χ2n) is 9.64. The Morgan fingerprint density at radius 1 is 1.06 bits per heavy atom. The summed E-state index contributed by atoms with van der Waals surface area (Å²) in [6, 6.07) is 16.5. The molecule has 5 aromatic rings. The first-order valence-electron chi connectivity index (χ1n) is 12.0. The quantitative estimate of drug-likeness (QED) is 0.371. The lowest BCUT2D eigenvalue weighted by Crippen LogP contribution is -2.51. The van der Waals surface area contributed by atoms with Crippen LogP contribution < -0.4 is 0 Å². The Morgan fingerprint density at radius 2 is 1.91 bits per heavy atom. The summed E-state index contributed by atoms with van der Waals surface area (Å²) < 4.78 is 6.36. The summed E-state index contributed by atoms with van der Waals surface area (Å²) in [6.07, 6.45) is 4.12. The minimum atomic E-state index is 0.226. The monoisotopic (exact) mass is 485 g/mol. The van der Waals surface area contributed by atoms with Crippen LogP contribution in [0.3, 0.4) is 0 Å². The molecule has 8 nitrogen and oxygen atoms in total. The summed E-state index contributed by atoms with van der Waals surface area (Å²) in [5, 5.41) is 14.2. The maximum atomic E-state index is 12.3. The van der Waals surface area contributed by atoms with E-state index in [1.165, 1.54) is 0 Å². The first-order valence-corrected chi connectivity index (χ1v) is 12.4. The number of aromatic nitrogens is 6. The van der Waals surface area contributed by atoms with Crippen LogP contribution in [-0.2, 0) is 11.3 Å². The van der Waals surface area contributed by atoms with Crippen molar-refractivity contribution in [1.82, 2.24) is 33.8 Å². The van der Waals surface area contributed by atoms with Crippen molar-refractivity contribution in [3.63, 3.8) is 0 Å². The van der Waals surface area contributed by atoms with Gasteiger partial charge in [-0.15, -0.1) is 10.2 Å². The van der Waals surface area contributed by atoms with E-state index in [-0.39, 0.29) is 12.0 Å². The second kappa shape index (κ2) is 7.68. The van der Waals surface area contributed by atoms with Gasteiger partial charge in [0.25, 0.3) is 0 Å². The van der Waals surface area contributed by atoms with Gasteiger partial charge in [0, 0.05) is 36.8 Å². The van der Waals surface area contributed by atoms with Crippen LogP contribution in [-0.4, -0.2) is 52.8 Å². The zero-order valence-electron chi connectivity index (χ0n) is 19.3. The molecule has 176 valence electrons. The SMILES string of the molecule is Cc1nnc2ccc3c(cc(-c4ccn(C5CN(C(=O)C6CC6)C5)n4)n3Cc3cccc(Cl)c3)n12. The molecule has 9 heteroatoms. The molecule has 5 heterocycles. The zero-order valence-corrected chi connectivity index (χ0v) is 20.1. The van der Waals surface area contributed by atoms with E-state index in [1.807, 2.05) is 47.0 Å². The predicted octanol–water partition coefficient (Wildman–Crippen LogP) is 4.35. The number of rotatable bonds is 5. The van der Waals surface area contributed by atoms with E-state index in [0.717, 1.165) is 70.4 Å². The summed E-state index contributed by atoms with van der Waals surface area (Å²) in [5.74, 6) is 1.42. The molecule has 7 rings (SSSR count). The first kappa shape index (κ1) is 20.7. The van der Waals surface area contributed by atoms with Gasteiger partial charge in [0.1, 0.15) is 11.5 Å². The smallest absolute Gasteiger partial charge is 0.225 e. The summed E-state index contributed by atoms with van der Waals surface area (Å²) in [5.41, 5.74) is 5.97. The Hall–Kier alpha value is -3.65. The Bertz CT molecular complexity index is 1600. The lowest BCUT2D eigenvalue weighted by Gasteiger charge is -2.39. The van der Waals surface area contributed by atoms with Crippen molar-refractivity contribution in [2.75, 3.05) is 13.1 Å². The van der Waals surface area contributed by atoms with Crippen LogP contribution in [0.5, 0.6) is 0 Å². The standard InChI is InChI=1S/C26H24ClN7O/c1-16-28-29-25-8-7-22-24(34(16)25)12-23(32(22)13-17-3-2-4-19(27)11-17)21-9-10-33(30-21)20-14-31(15-20)26(35)18-5-6-18/h2-4,7-12,18,20H,5-6,13-15H2,1H3. The van der Waals surface area contributed by atoms with Crippen LogP contribution in [0.1, 0.15) is 30.3 Å². The van der Waals surface area contributed by atoms with Crippen molar-refractivity contribution in [2.24, 2.45) is 5.92 Å². The molecule has 1 aromatic carbocycles. The first-order chi connectivity index (χ1) is 17.0. The molecule has 2 fully saturated rings. The van der Waals surface area contributed by atoms with Crippen LogP contribution >= 0.6 is 11.6 Å². The fraction of sp³-hybridized carbons (Fsp3) is 0.308. The number of halogens is 1. The van der Waals surface area contributed by atoms with Gasteiger partial charge in [-0.3, -0.25) is 13.9 Å². The number of amides is 1. The summed E-state index contributed by atoms with van der Waals surface area (Å²) >= 11 is 6.29. The van der Waals surface area contributed by atoms with E-state index in [1.54, 1.807) is 0 Å². The van der Waals surface area contributed by atoms with Crippen molar-refractivity contribution in [2.45, 2.75) is 32.4 Å². The van der Waals surface area contributed by atoms with Gasteiger partial charge in [-0.25, -0.2) is 0 Å². The number of hydrogen-bond donors (Lipinski definition) is 0. The van der Waals surface area contributed by atoms with E-state index >= 15 is 0 Å². The van der Waals surface area contributed by atoms with Gasteiger partial charge in [0.05, 0.1) is 22.8 Å². The van der Waals surface area contributed by atoms with E-state index in [9.17, 15) is 4.79 Å². The lowest BCUT2D eigenvalue weighted by molar-refractivity contribution is -0.138. The Kier molecular flexibility index (Phi) is 4.54. The Labute approximate surface area is 206 Å². The Morgan fingerprint density at radius 3 is 2.71 bits per heavy atom. The van der Waals surface area contributed by atoms with E-state index in [4.69, 9.17) is 16.7 Å². The number of nitrogens with zero attached hydrogens (tertiary/aromatic N) is 7. The number of fused-ring (bicyclic) bond motifs is 3. The molecule has 0 N–H and O–H groups in total. The van der Waals surface area contributed by atoms with E-state index in [0.29, 0.717) is 12.5 Å². The van der Waals surface area contributed by atoms with Crippen LogP contribution in [0.15, 0.2) is 54.7 Å². The molecule has 1 saturated carbocycles. The van der Waals surface area contributed by atoms with Gasteiger partial charge in [0.15, 0.2) is 5.65 Å². The van der Waals surface area contributed by atoms with Crippen LogP contribution in [0.2, 0.25) is 5.02 Å². The second-order valence-corrected chi connectivity index (χ2v) is 10.1. The topological polar surface area (TPSA) is 73.2 Å². The van der Waals surface area contributed by atoms with Gasteiger partial charge in [-0.05, 0) is 61.7 Å². The third-order valence-electron chi connectivity index (χ3n) is 7.17. The van der Waals surface area contributed by atoms with E-state index < -0.39 is 0 Å². The molecule has 0 atom stereocenters. The number of benzene rings is 1. The molecule has 1 aliphatic heterocycles. The molecule has 0 unspecified atom stereocenters. The Balaban J connectivity index is 1.28. The maximum Gasteiger partial charge on any atom is 0.225 e. The minimum absolute atomic E-state index is 0.226. The van der Waals surface area contributed by atoms with Crippen molar-refractivity contribution >= 4 is 34.2 Å². The van der Waals surface area contributed by atoms with Gasteiger partial charge >= 0.3 is 0 Å². The van der Waals surface area contributed by atoms with Crippen LogP contribution in [0.4, 0.5) is 0 Å². The molecular formula is C26H24ClN7O. The molecule has 35 heavy (non-hydrogen) atoms. The number of carbonyl (C=O) groups is 1. The minimum Gasteiger partial charge on any atom is -0.338 e. The normalized spacial score (nSPS) is 16.3. The van der Waals surface area contributed by atoms with Crippen molar-refractivity contribution in [3.8, 4) is 11.4 Å². The van der Waals surface area contributed by atoms with Gasteiger partial charge in [-0.1, -0.05) is 23.7 Å². The van der Waals surface area contributed by atoms with Crippen molar-refractivity contribution in [1.29, 1.82) is 0 Å².